The molecule has 0 bridgehead atoms. The molecular formula is C27H21F2N3O. The molecule has 0 saturated carbocycles. The van der Waals surface area contributed by atoms with Crippen LogP contribution in [0.5, 0.6) is 5.75 Å². The van der Waals surface area contributed by atoms with Crippen LogP contribution in [0.25, 0.3) is 33.9 Å². The second-order valence-electron chi connectivity index (χ2n) is 7.66. The number of benzene rings is 3. The van der Waals surface area contributed by atoms with Crippen LogP contribution in [0.4, 0.5) is 8.78 Å². The minimum Gasteiger partial charge on any atom is -0.493 e. The fourth-order valence-corrected chi connectivity index (χ4v) is 3.83. The molecule has 0 unspecified atom stereocenters. The second-order valence-corrected chi connectivity index (χ2v) is 7.66. The number of halogens is 2. The molecule has 0 aromatic heterocycles. The largest absolute Gasteiger partial charge is 0.493 e. The molecule has 6 heteroatoms. The van der Waals surface area contributed by atoms with Gasteiger partial charge in [0.25, 0.3) is 0 Å². The molecule has 0 radical (unpaired) electrons. The predicted molar refractivity (Wildman–Crippen MR) is 124 cm³/mol. The van der Waals surface area contributed by atoms with Crippen LogP contribution in [0.3, 0.4) is 0 Å². The van der Waals surface area contributed by atoms with Crippen LogP contribution in [0.15, 0.2) is 85.2 Å². The number of hydrogen-bond donors (Lipinski definition) is 0. The van der Waals surface area contributed by atoms with Crippen molar-refractivity contribution in [3.63, 3.8) is 0 Å². The smallest absolute Gasteiger partial charge is 0.169 e. The number of rotatable bonds is 6. The molecular weight excluding hydrogens is 420 g/mol. The van der Waals surface area contributed by atoms with Gasteiger partial charge in [-0.15, -0.1) is 0 Å². The molecule has 2 aliphatic rings. The summed E-state index contributed by atoms with van der Waals surface area (Å²) >= 11 is 0. The van der Waals surface area contributed by atoms with Gasteiger partial charge in [-0.2, -0.15) is 0 Å². The molecule has 5 rings (SSSR count). The first-order valence-electron chi connectivity index (χ1n) is 10.7. The SMILES string of the molecule is CCOc1ccccc1-c1ccc(Cn2ccc3nc(-c4cccc(F)c4F)nc-3c2)cc1. The van der Waals surface area contributed by atoms with Crippen LogP contribution in [0, 0.1) is 11.6 Å². The summed E-state index contributed by atoms with van der Waals surface area (Å²) < 4.78 is 35.5. The first kappa shape index (κ1) is 20.8. The summed E-state index contributed by atoms with van der Waals surface area (Å²) in [7, 11) is 0. The Morgan fingerprint density at radius 1 is 0.818 bits per heavy atom. The van der Waals surface area contributed by atoms with Gasteiger partial charge >= 0.3 is 0 Å². The Labute approximate surface area is 190 Å². The van der Waals surface area contributed by atoms with Crippen molar-refractivity contribution in [1.29, 1.82) is 0 Å². The minimum absolute atomic E-state index is 0.0562. The number of hydrogen-bond acceptors (Lipinski definition) is 3. The normalized spacial score (nSPS) is 11.1. The van der Waals surface area contributed by atoms with Gasteiger partial charge in [0, 0.05) is 24.5 Å². The Kier molecular flexibility index (Phi) is 5.57. The lowest BCUT2D eigenvalue weighted by molar-refractivity contribution is 0.341. The van der Waals surface area contributed by atoms with E-state index in [0.29, 0.717) is 24.5 Å². The molecule has 0 spiro atoms. The van der Waals surface area contributed by atoms with Crippen LogP contribution in [-0.4, -0.2) is 21.1 Å². The third kappa shape index (κ3) is 4.20. The number of nitrogens with zero attached hydrogens (tertiary/aromatic N) is 3. The molecule has 0 amide bonds. The third-order valence-corrected chi connectivity index (χ3v) is 5.44. The number of imidazole rings is 1. The highest BCUT2D eigenvalue weighted by molar-refractivity contribution is 5.70. The minimum atomic E-state index is -0.938. The molecule has 4 nitrogen and oxygen atoms in total. The van der Waals surface area contributed by atoms with Crippen LogP contribution < -0.4 is 4.74 Å². The molecule has 0 saturated heterocycles. The zero-order valence-electron chi connectivity index (χ0n) is 18.0. The van der Waals surface area contributed by atoms with Gasteiger partial charge in [-0.1, -0.05) is 48.5 Å². The van der Waals surface area contributed by atoms with Crippen molar-refractivity contribution in [2.45, 2.75) is 13.5 Å². The van der Waals surface area contributed by atoms with Crippen molar-refractivity contribution in [3.05, 3.63) is 102 Å². The van der Waals surface area contributed by atoms with Crippen molar-refractivity contribution in [2.75, 3.05) is 6.61 Å². The quantitative estimate of drug-likeness (QED) is 0.304. The predicted octanol–water partition coefficient (Wildman–Crippen LogP) is 6.44. The van der Waals surface area contributed by atoms with Gasteiger partial charge in [0.05, 0.1) is 17.9 Å². The van der Waals surface area contributed by atoms with Crippen molar-refractivity contribution in [1.82, 2.24) is 14.5 Å². The van der Waals surface area contributed by atoms with E-state index in [1.807, 2.05) is 48.1 Å². The molecule has 0 aliphatic carbocycles. The van der Waals surface area contributed by atoms with Gasteiger partial charge < -0.3 is 9.30 Å². The summed E-state index contributed by atoms with van der Waals surface area (Å²) in [5.74, 6) is -0.805. The molecule has 3 aromatic carbocycles. The van der Waals surface area contributed by atoms with E-state index in [-0.39, 0.29) is 11.4 Å². The average Bonchev–Trinajstić information content (AvgIpc) is 3.25. The Bertz CT molecular complexity index is 1380. The number of para-hydroxylation sites is 1. The fraction of sp³-hybridized carbons (Fsp3) is 0.111. The lowest BCUT2D eigenvalue weighted by atomic mass is 10.0. The lowest BCUT2D eigenvalue weighted by Crippen LogP contribution is -2.01. The zero-order valence-corrected chi connectivity index (χ0v) is 18.0. The van der Waals surface area contributed by atoms with Gasteiger partial charge in [0.2, 0.25) is 0 Å². The van der Waals surface area contributed by atoms with Gasteiger partial charge in [0.15, 0.2) is 17.5 Å². The average molecular weight is 441 g/mol. The molecule has 33 heavy (non-hydrogen) atoms. The van der Waals surface area contributed by atoms with Crippen molar-refractivity contribution >= 4 is 0 Å². The Balaban J connectivity index is 1.39. The highest BCUT2D eigenvalue weighted by Gasteiger charge is 2.17. The van der Waals surface area contributed by atoms with Crippen molar-refractivity contribution in [2.24, 2.45) is 0 Å². The monoisotopic (exact) mass is 441 g/mol. The van der Waals surface area contributed by atoms with Crippen LogP contribution in [-0.2, 0) is 6.54 Å². The van der Waals surface area contributed by atoms with Gasteiger partial charge in [-0.05, 0) is 42.3 Å². The maximum Gasteiger partial charge on any atom is 0.169 e. The number of aromatic nitrogens is 3. The van der Waals surface area contributed by atoms with Crippen LogP contribution >= 0.6 is 0 Å². The summed E-state index contributed by atoms with van der Waals surface area (Å²) in [5, 5.41) is 0. The number of pyridine rings is 1. The summed E-state index contributed by atoms with van der Waals surface area (Å²) in [5.41, 5.74) is 4.58. The highest BCUT2D eigenvalue weighted by atomic mass is 19.2. The zero-order chi connectivity index (χ0) is 22.8. The first-order chi connectivity index (χ1) is 16.1. The summed E-state index contributed by atoms with van der Waals surface area (Å²) in [6, 6.07) is 22.2. The van der Waals surface area contributed by atoms with E-state index in [9.17, 15) is 8.78 Å². The molecule has 0 N–H and O–H groups in total. The van der Waals surface area contributed by atoms with E-state index in [0.717, 1.165) is 28.5 Å². The van der Waals surface area contributed by atoms with Gasteiger partial charge in [-0.3, -0.25) is 0 Å². The highest BCUT2D eigenvalue weighted by Crippen LogP contribution is 2.30. The fourth-order valence-electron chi connectivity index (χ4n) is 3.83. The standard InChI is InChI=1S/C27H21F2N3O/c1-2-33-25-9-4-3-6-20(25)19-12-10-18(11-13-19)16-32-15-14-23-24(17-32)31-27(30-23)21-7-5-8-22(28)26(21)29/h3-15,17H,2,16H2,1H3. The van der Waals surface area contributed by atoms with E-state index < -0.39 is 11.6 Å². The second kappa shape index (κ2) is 8.82. The summed E-state index contributed by atoms with van der Waals surface area (Å²) in [6.07, 6.45) is 3.77. The third-order valence-electron chi connectivity index (χ3n) is 5.44. The Morgan fingerprint density at radius 2 is 1.58 bits per heavy atom. The van der Waals surface area contributed by atoms with E-state index in [1.54, 1.807) is 0 Å². The molecule has 164 valence electrons. The number of ether oxygens (including phenoxy) is 1. The van der Waals surface area contributed by atoms with E-state index in [2.05, 4.69) is 40.3 Å². The van der Waals surface area contributed by atoms with Gasteiger partial charge in [0.1, 0.15) is 11.4 Å². The molecule has 2 heterocycles. The van der Waals surface area contributed by atoms with E-state index >= 15 is 0 Å². The maximum atomic E-state index is 14.1. The first-order valence-corrected chi connectivity index (χ1v) is 10.7. The van der Waals surface area contributed by atoms with Crippen molar-refractivity contribution < 1.29 is 13.5 Å². The van der Waals surface area contributed by atoms with Gasteiger partial charge in [-0.25, -0.2) is 18.7 Å². The molecule has 3 aromatic rings. The summed E-state index contributed by atoms with van der Waals surface area (Å²) in [4.78, 5) is 8.77. The molecule has 2 aliphatic heterocycles. The van der Waals surface area contributed by atoms with Crippen LogP contribution in [0.2, 0.25) is 0 Å². The van der Waals surface area contributed by atoms with Crippen molar-refractivity contribution in [3.8, 4) is 39.7 Å². The number of fused-ring (bicyclic) bond motifs is 1. The lowest BCUT2D eigenvalue weighted by Gasteiger charge is -2.12. The van der Waals surface area contributed by atoms with E-state index in [1.165, 1.54) is 12.1 Å². The summed E-state index contributed by atoms with van der Waals surface area (Å²) in [6.45, 7) is 3.23. The van der Waals surface area contributed by atoms with Crippen LogP contribution in [0.1, 0.15) is 12.5 Å². The molecule has 0 fully saturated rings. The van der Waals surface area contributed by atoms with E-state index in [4.69, 9.17) is 4.74 Å². The topological polar surface area (TPSA) is 39.9 Å². The Morgan fingerprint density at radius 3 is 2.39 bits per heavy atom. The molecule has 0 atom stereocenters. The maximum absolute atomic E-state index is 14.1. The Hall–Kier alpha value is -4.06.